The van der Waals surface area contributed by atoms with Gasteiger partial charge in [0.25, 0.3) is 0 Å². The Morgan fingerprint density at radius 3 is 2.50 bits per heavy atom. The van der Waals surface area contributed by atoms with Gasteiger partial charge in [0.15, 0.2) is 16.7 Å². The average molecular weight is 432 g/mol. The van der Waals surface area contributed by atoms with Gasteiger partial charge in [-0.3, -0.25) is 9.69 Å². The lowest BCUT2D eigenvalue weighted by atomic mass is 10.1. The molecular formula is C21H29N5O3S. The van der Waals surface area contributed by atoms with Gasteiger partial charge in [-0.2, -0.15) is 0 Å². The Bertz CT molecular complexity index is 891. The molecule has 1 aromatic heterocycles. The SMILES string of the molecule is COc1cc(C)c(CN2CCN(C(=O)CSc3nncn3C3CC3)CC2)cc1OC. The zero-order valence-electron chi connectivity index (χ0n) is 17.8. The van der Waals surface area contributed by atoms with E-state index in [4.69, 9.17) is 9.47 Å². The van der Waals surface area contributed by atoms with Crippen LogP contribution in [0.15, 0.2) is 23.6 Å². The van der Waals surface area contributed by atoms with E-state index in [1.807, 2.05) is 11.0 Å². The highest BCUT2D eigenvalue weighted by Gasteiger charge is 2.27. The molecule has 1 aromatic carbocycles. The van der Waals surface area contributed by atoms with E-state index in [9.17, 15) is 4.79 Å². The number of aromatic nitrogens is 3. The topological polar surface area (TPSA) is 72.7 Å². The highest BCUT2D eigenvalue weighted by Crippen LogP contribution is 2.37. The van der Waals surface area contributed by atoms with E-state index in [-0.39, 0.29) is 5.91 Å². The van der Waals surface area contributed by atoms with Gasteiger partial charge in [0, 0.05) is 38.8 Å². The fraction of sp³-hybridized carbons (Fsp3) is 0.571. The van der Waals surface area contributed by atoms with E-state index < -0.39 is 0 Å². The number of carbonyl (C=O) groups excluding carboxylic acids is 1. The quantitative estimate of drug-likeness (QED) is 0.594. The summed E-state index contributed by atoms with van der Waals surface area (Å²) in [5.41, 5.74) is 2.41. The molecular weight excluding hydrogens is 402 g/mol. The third-order valence-electron chi connectivity index (χ3n) is 5.77. The average Bonchev–Trinajstić information content (AvgIpc) is 3.51. The fourth-order valence-electron chi connectivity index (χ4n) is 3.75. The molecule has 8 nitrogen and oxygen atoms in total. The molecule has 1 saturated heterocycles. The second-order valence-corrected chi connectivity index (χ2v) is 8.77. The molecule has 30 heavy (non-hydrogen) atoms. The molecule has 0 spiro atoms. The van der Waals surface area contributed by atoms with Crippen LogP contribution in [0.4, 0.5) is 0 Å². The molecule has 0 radical (unpaired) electrons. The van der Waals surface area contributed by atoms with Crippen LogP contribution in [-0.2, 0) is 11.3 Å². The van der Waals surface area contributed by atoms with Crippen LogP contribution in [0, 0.1) is 6.92 Å². The summed E-state index contributed by atoms with van der Waals surface area (Å²) in [6, 6.07) is 4.60. The molecule has 1 aliphatic carbocycles. The van der Waals surface area contributed by atoms with Crippen LogP contribution in [0.5, 0.6) is 11.5 Å². The number of benzene rings is 1. The molecule has 2 heterocycles. The Kier molecular flexibility index (Phi) is 6.48. The van der Waals surface area contributed by atoms with Crippen LogP contribution < -0.4 is 9.47 Å². The summed E-state index contributed by atoms with van der Waals surface area (Å²) in [6.07, 6.45) is 4.14. The molecule has 2 fully saturated rings. The number of ether oxygens (including phenoxy) is 2. The van der Waals surface area contributed by atoms with Crippen molar-refractivity contribution >= 4 is 17.7 Å². The van der Waals surface area contributed by atoms with Crippen molar-refractivity contribution in [2.75, 3.05) is 46.2 Å². The number of amides is 1. The Morgan fingerprint density at radius 2 is 1.83 bits per heavy atom. The van der Waals surface area contributed by atoms with E-state index in [0.717, 1.165) is 49.4 Å². The lowest BCUT2D eigenvalue weighted by molar-refractivity contribution is -0.130. The third-order valence-corrected chi connectivity index (χ3v) is 6.71. The lowest BCUT2D eigenvalue weighted by Gasteiger charge is -2.35. The Hall–Kier alpha value is -2.26. The van der Waals surface area contributed by atoms with Crippen molar-refractivity contribution in [2.45, 2.75) is 37.5 Å². The first-order chi connectivity index (χ1) is 14.6. The third kappa shape index (κ3) is 4.73. The number of carbonyl (C=O) groups is 1. The first-order valence-corrected chi connectivity index (χ1v) is 11.3. The molecule has 0 unspecified atom stereocenters. The molecule has 4 rings (SSSR count). The lowest BCUT2D eigenvalue weighted by Crippen LogP contribution is -2.48. The number of rotatable bonds is 8. The molecule has 2 aromatic rings. The van der Waals surface area contributed by atoms with Gasteiger partial charge in [0.1, 0.15) is 6.33 Å². The molecule has 1 aliphatic heterocycles. The number of hydrogen-bond donors (Lipinski definition) is 0. The van der Waals surface area contributed by atoms with Crippen molar-refractivity contribution in [3.63, 3.8) is 0 Å². The zero-order valence-corrected chi connectivity index (χ0v) is 18.7. The number of methoxy groups -OCH3 is 2. The summed E-state index contributed by atoms with van der Waals surface area (Å²) in [4.78, 5) is 17.0. The van der Waals surface area contributed by atoms with Crippen molar-refractivity contribution in [3.05, 3.63) is 29.6 Å². The van der Waals surface area contributed by atoms with Gasteiger partial charge in [-0.1, -0.05) is 11.8 Å². The van der Waals surface area contributed by atoms with E-state index in [0.29, 0.717) is 11.8 Å². The number of aryl methyl sites for hydroxylation is 1. The normalized spacial score (nSPS) is 17.2. The molecule has 2 aliphatic rings. The van der Waals surface area contributed by atoms with E-state index in [1.165, 1.54) is 35.7 Å². The summed E-state index contributed by atoms with van der Waals surface area (Å²) in [6.45, 7) is 6.16. The standard InChI is InChI=1S/C21H29N5O3S/c1-15-10-18(28-2)19(29-3)11-16(15)12-24-6-8-25(9-7-24)20(27)13-30-21-23-22-14-26(21)17-4-5-17/h10-11,14,17H,4-9,12-13H2,1-3H3. The smallest absolute Gasteiger partial charge is 0.233 e. The Morgan fingerprint density at radius 1 is 1.13 bits per heavy atom. The molecule has 1 amide bonds. The molecule has 0 bridgehead atoms. The van der Waals surface area contributed by atoms with Crippen molar-refractivity contribution < 1.29 is 14.3 Å². The first-order valence-electron chi connectivity index (χ1n) is 10.3. The van der Waals surface area contributed by atoms with Crippen LogP contribution >= 0.6 is 11.8 Å². The molecule has 0 atom stereocenters. The number of nitrogens with zero attached hydrogens (tertiary/aromatic N) is 5. The van der Waals surface area contributed by atoms with Crippen LogP contribution in [0.25, 0.3) is 0 Å². The summed E-state index contributed by atoms with van der Waals surface area (Å²) < 4.78 is 12.9. The van der Waals surface area contributed by atoms with Crippen LogP contribution in [0.1, 0.15) is 30.0 Å². The van der Waals surface area contributed by atoms with Gasteiger partial charge in [0.05, 0.1) is 20.0 Å². The number of thioether (sulfide) groups is 1. The van der Waals surface area contributed by atoms with Crippen LogP contribution in [0.2, 0.25) is 0 Å². The van der Waals surface area contributed by atoms with Gasteiger partial charge in [-0.05, 0) is 43.0 Å². The minimum absolute atomic E-state index is 0.173. The van der Waals surface area contributed by atoms with Crippen molar-refractivity contribution in [1.29, 1.82) is 0 Å². The number of piperazine rings is 1. The summed E-state index contributed by atoms with van der Waals surface area (Å²) in [5.74, 6) is 2.10. The summed E-state index contributed by atoms with van der Waals surface area (Å²) in [7, 11) is 3.31. The summed E-state index contributed by atoms with van der Waals surface area (Å²) >= 11 is 1.50. The van der Waals surface area contributed by atoms with Crippen LogP contribution in [0.3, 0.4) is 0 Å². The van der Waals surface area contributed by atoms with Gasteiger partial charge < -0.3 is 18.9 Å². The highest BCUT2D eigenvalue weighted by atomic mass is 32.2. The van der Waals surface area contributed by atoms with Crippen molar-refractivity contribution in [3.8, 4) is 11.5 Å². The van der Waals surface area contributed by atoms with Gasteiger partial charge in [-0.25, -0.2) is 0 Å². The maximum Gasteiger partial charge on any atom is 0.233 e. The number of hydrogen-bond acceptors (Lipinski definition) is 7. The second kappa shape index (κ2) is 9.26. The molecule has 9 heteroatoms. The first kappa shape index (κ1) is 21.0. The maximum absolute atomic E-state index is 12.7. The van der Waals surface area contributed by atoms with Gasteiger partial charge >= 0.3 is 0 Å². The van der Waals surface area contributed by atoms with E-state index in [1.54, 1.807) is 20.5 Å². The van der Waals surface area contributed by atoms with Crippen LogP contribution in [-0.4, -0.2) is 76.6 Å². The van der Waals surface area contributed by atoms with E-state index >= 15 is 0 Å². The second-order valence-electron chi connectivity index (χ2n) is 7.83. The van der Waals surface area contributed by atoms with Gasteiger partial charge in [-0.15, -0.1) is 10.2 Å². The highest BCUT2D eigenvalue weighted by molar-refractivity contribution is 7.99. The fourth-order valence-corrected chi connectivity index (χ4v) is 4.63. The summed E-state index contributed by atoms with van der Waals surface area (Å²) in [5, 5.41) is 9.02. The molecule has 1 saturated carbocycles. The monoisotopic (exact) mass is 431 g/mol. The predicted octanol–water partition coefficient (Wildman–Crippen LogP) is 2.38. The van der Waals surface area contributed by atoms with Crippen molar-refractivity contribution in [1.82, 2.24) is 24.6 Å². The largest absolute Gasteiger partial charge is 0.493 e. The Labute approximate surface area is 181 Å². The maximum atomic E-state index is 12.7. The van der Waals surface area contributed by atoms with Gasteiger partial charge in [0.2, 0.25) is 5.91 Å². The predicted molar refractivity (Wildman–Crippen MR) is 115 cm³/mol. The Balaban J connectivity index is 1.27. The van der Waals surface area contributed by atoms with E-state index in [2.05, 4.69) is 32.7 Å². The molecule has 0 N–H and O–H groups in total. The minimum atomic E-state index is 0.173. The van der Waals surface area contributed by atoms with Crippen molar-refractivity contribution in [2.24, 2.45) is 0 Å². The minimum Gasteiger partial charge on any atom is -0.493 e. The molecule has 162 valence electrons. The zero-order chi connectivity index (χ0) is 21.1.